The predicted molar refractivity (Wildman–Crippen MR) is 108 cm³/mol. The number of pyridine rings is 1. The number of hydrogen-bond donors (Lipinski definition) is 1. The lowest BCUT2D eigenvalue weighted by Crippen LogP contribution is -2.28. The molecule has 30 heavy (non-hydrogen) atoms. The van der Waals surface area contributed by atoms with Crippen molar-refractivity contribution in [3.63, 3.8) is 0 Å². The zero-order chi connectivity index (χ0) is 21.3. The summed E-state index contributed by atoms with van der Waals surface area (Å²) in [6, 6.07) is 8.98. The second kappa shape index (κ2) is 7.96. The molecule has 1 aromatic carbocycles. The van der Waals surface area contributed by atoms with Crippen LogP contribution in [-0.2, 0) is 31.0 Å². The number of imide groups is 1. The smallest absolute Gasteiger partial charge is 0.240 e. The minimum absolute atomic E-state index is 0.00952. The summed E-state index contributed by atoms with van der Waals surface area (Å²) in [5, 5.41) is 0. The predicted octanol–water partition coefficient (Wildman–Crippen LogP) is 1.34. The number of nitrogens with zero attached hydrogens (tertiary/aromatic N) is 3. The Bertz CT molecular complexity index is 1100. The third-order valence-electron chi connectivity index (χ3n) is 5.08. The summed E-state index contributed by atoms with van der Waals surface area (Å²) in [6.07, 6.45) is 3.14. The molecule has 4 rings (SSSR count). The van der Waals surface area contributed by atoms with E-state index in [1.807, 2.05) is 0 Å². The maximum absolute atomic E-state index is 12.6. The Morgan fingerprint density at radius 1 is 0.933 bits per heavy atom. The second-order valence-electron chi connectivity index (χ2n) is 7.11. The van der Waals surface area contributed by atoms with Crippen LogP contribution in [0.5, 0.6) is 0 Å². The number of anilines is 2. The zero-order valence-electron chi connectivity index (χ0n) is 16.1. The normalized spacial score (nSPS) is 17.3. The maximum atomic E-state index is 12.6. The van der Waals surface area contributed by atoms with E-state index in [0.717, 1.165) is 11.3 Å². The molecule has 0 aliphatic carbocycles. The highest BCUT2D eigenvalue weighted by atomic mass is 32.2. The highest BCUT2D eigenvalue weighted by Crippen LogP contribution is 2.24. The maximum Gasteiger partial charge on any atom is 0.240 e. The quantitative estimate of drug-likeness (QED) is 0.694. The van der Waals surface area contributed by atoms with Crippen molar-refractivity contribution < 1.29 is 22.8 Å². The number of aromatic nitrogens is 1. The van der Waals surface area contributed by atoms with Crippen LogP contribution in [0.1, 0.15) is 31.2 Å². The molecule has 0 saturated carbocycles. The van der Waals surface area contributed by atoms with Crippen LogP contribution in [-0.4, -0.2) is 37.7 Å². The van der Waals surface area contributed by atoms with E-state index in [2.05, 4.69) is 9.71 Å². The van der Waals surface area contributed by atoms with Crippen LogP contribution in [0.2, 0.25) is 0 Å². The van der Waals surface area contributed by atoms with Crippen LogP contribution in [0.15, 0.2) is 47.5 Å². The second-order valence-corrected chi connectivity index (χ2v) is 8.88. The average molecular weight is 428 g/mol. The Balaban J connectivity index is 1.45. The number of benzene rings is 1. The first-order valence-corrected chi connectivity index (χ1v) is 11.0. The molecule has 2 fully saturated rings. The zero-order valence-corrected chi connectivity index (χ0v) is 16.9. The summed E-state index contributed by atoms with van der Waals surface area (Å²) in [4.78, 5) is 42.4. The summed E-state index contributed by atoms with van der Waals surface area (Å²) in [5.74, 6) is -0.0637. The molecule has 1 N–H and O–H groups in total. The van der Waals surface area contributed by atoms with Gasteiger partial charge >= 0.3 is 0 Å². The highest BCUT2D eigenvalue weighted by molar-refractivity contribution is 7.89. The van der Waals surface area contributed by atoms with E-state index in [-0.39, 0.29) is 42.0 Å². The molecule has 3 heterocycles. The molecule has 10 heteroatoms. The van der Waals surface area contributed by atoms with Crippen LogP contribution in [0.3, 0.4) is 0 Å². The summed E-state index contributed by atoms with van der Waals surface area (Å²) >= 11 is 0. The first kappa shape index (κ1) is 20.2. The van der Waals surface area contributed by atoms with Crippen LogP contribution < -0.4 is 14.5 Å². The molecule has 156 valence electrons. The van der Waals surface area contributed by atoms with Crippen LogP contribution >= 0.6 is 0 Å². The molecular formula is C20H20N4O5S. The number of sulfonamides is 1. The third-order valence-corrected chi connectivity index (χ3v) is 6.50. The van der Waals surface area contributed by atoms with Crippen molar-refractivity contribution in [2.45, 2.75) is 37.1 Å². The monoisotopic (exact) mass is 428 g/mol. The van der Waals surface area contributed by atoms with Gasteiger partial charge in [-0.25, -0.2) is 18.1 Å². The molecule has 0 radical (unpaired) electrons. The fourth-order valence-electron chi connectivity index (χ4n) is 3.51. The van der Waals surface area contributed by atoms with Gasteiger partial charge in [-0.2, -0.15) is 0 Å². The van der Waals surface area contributed by atoms with Crippen LogP contribution in [0.4, 0.5) is 11.5 Å². The molecule has 9 nitrogen and oxygen atoms in total. The molecule has 2 aliphatic heterocycles. The minimum atomic E-state index is -3.81. The van der Waals surface area contributed by atoms with Gasteiger partial charge in [0.1, 0.15) is 5.82 Å². The van der Waals surface area contributed by atoms with Crippen molar-refractivity contribution in [2.24, 2.45) is 0 Å². The Kier molecular flexibility index (Phi) is 5.35. The molecular weight excluding hydrogens is 408 g/mol. The van der Waals surface area contributed by atoms with Gasteiger partial charge in [-0.15, -0.1) is 0 Å². The van der Waals surface area contributed by atoms with Gasteiger partial charge in [0.05, 0.1) is 10.6 Å². The molecule has 2 saturated heterocycles. The van der Waals surface area contributed by atoms with Crippen molar-refractivity contribution in [1.29, 1.82) is 0 Å². The average Bonchev–Trinajstić information content (AvgIpc) is 3.32. The van der Waals surface area contributed by atoms with Gasteiger partial charge in [-0.05, 0) is 48.4 Å². The van der Waals surface area contributed by atoms with Crippen molar-refractivity contribution in [3.05, 3.63) is 48.2 Å². The molecule has 3 amide bonds. The van der Waals surface area contributed by atoms with Crippen molar-refractivity contribution in [3.8, 4) is 0 Å². The van der Waals surface area contributed by atoms with Gasteiger partial charge in [-0.3, -0.25) is 24.2 Å². The van der Waals surface area contributed by atoms with Gasteiger partial charge in [0.25, 0.3) is 0 Å². The molecule has 0 bridgehead atoms. The largest absolute Gasteiger partial charge is 0.297 e. The molecule has 0 atom stereocenters. The van der Waals surface area contributed by atoms with Gasteiger partial charge in [0.2, 0.25) is 27.7 Å². The molecule has 0 unspecified atom stereocenters. The topological polar surface area (TPSA) is 117 Å². The lowest BCUT2D eigenvalue weighted by atomic mass is 10.2. The Hall–Kier alpha value is -3.11. The first-order chi connectivity index (χ1) is 14.3. The van der Waals surface area contributed by atoms with Gasteiger partial charge in [0, 0.05) is 38.5 Å². The fraction of sp³-hybridized carbons (Fsp3) is 0.300. The van der Waals surface area contributed by atoms with E-state index >= 15 is 0 Å². The lowest BCUT2D eigenvalue weighted by Gasteiger charge is -2.16. The Labute approximate surface area is 173 Å². The Morgan fingerprint density at radius 2 is 1.63 bits per heavy atom. The molecule has 0 spiro atoms. The first-order valence-electron chi connectivity index (χ1n) is 9.56. The third kappa shape index (κ3) is 3.96. The van der Waals surface area contributed by atoms with E-state index < -0.39 is 10.0 Å². The van der Waals surface area contributed by atoms with Crippen molar-refractivity contribution in [1.82, 2.24) is 9.71 Å². The van der Waals surface area contributed by atoms with E-state index in [0.29, 0.717) is 30.0 Å². The van der Waals surface area contributed by atoms with Crippen LogP contribution in [0.25, 0.3) is 0 Å². The number of nitrogens with one attached hydrogen (secondary N) is 1. The summed E-state index contributed by atoms with van der Waals surface area (Å²) in [5.41, 5.74) is 1.03. The lowest BCUT2D eigenvalue weighted by molar-refractivity contribution is -0.121. The van der Waals surface area contributed by atoms with Gasteiger partial charge in [0.15, 0.2) is 0 Å². The molecule has 2 aliphatic rings. The van der Waals surface area contributed by atoms with E-state index in [1.54, 1.807) is 23.2 Å². The van der Waals surface area contributed by atoms with E-state index in [9.17, 15) is 22.8 Å². The van der Waals surface area contributed by atoms with Crippen LogP contribution in [0, 0.1) is 0 Å². The molecule has 1 aromatic heterocycles. The molecule has 2 aromatic rings. The van der Waals surface area contributed by atoms with Gasteiger partial charge < -0.3 is 0 Å². The number of rotatable bonds is 6. The minimum Gasteiger partial charge on any atom is -0.297 e. The highest BCUT2D eigenvalue weighted by Gasteiger charge is 2.30. The number of hydrogen-bond acceptors (Lipinski definition) is 6. The van der Waals surface area contributed by atoms with Crippen molar-refractivity contribution in [2.75, 3.05) is 16.3 Å². The number of carbonyl (C=O) groups is 3. The van der Waals surface area contributed by atoms with Crippen molar-refractivity contribution >= 4 is 39.3 Å². The summed E-state index contributed by atoms with van der Waals surface area (Å²) in [6.45, 7) is 0.639. The van der Waals surface area contributed by atoms with E-state index in [4.69, 9.17) is 0 Å². The SMILES string of the molecule is O=C1CCCN1c1cc(CNS(=O)(=O)c2ccc(N3C(=O)CCC3=O)cc2)ccn1. The number of carbonyl (C=O) groups excluding carboxylic acids is 3. The summed E-state index contributed by atoms with van der Waals surface area (Å²) in [7, 11) is -3.81. The Morgan fingerprint density at radius 3 is 2.27 bits per heavy atom. The fourth-order valence-corrected chi connectivity index (χ4v) is 4.53. The number of amides is 3. The van der Waals surface area contributed by atoms with Gasteiger partial charge in [-0.1, -0.05) is 0 Å². The van der Waals surface area contributed by atoms with E-state index in [1.165, 1.54) is 24.3 Å². The standard InChI is InChI=1S/C20H20N4O5S/c25-18-2-1-11-23(18)17-12-14(9-10-21-17)13-22-30(28,29)16-5-3-15(4-6-16)24-19(26)7-8-20(24)27/h3-6,9-10,12,22H,1-2,7-8,11,13H2. The summed E-state index contributed by atoms with van der Waals surface area (Å²) < 4.78 is 27.8.